The molecule has 1 aromatic carbocycles. The molecule has 140 valence electrons. The molecule has 1 heterocycles. The molecule has 1 aromatic rings. The molecule has 0 aromatic heterocycles. The van der Waals surface area contributed by atoms with Crippen molar-refractivity contribution in [3.8, 4) is 11.5 Å². The molecule has 1 aliphatic heterocycles. The normalized spacial score (nSPS) is 21.3. The van der Waals surface area contributed by atoms with Gasteiger partial charge >= 0.3 is 5.97 Å². The number of carboxylic acid groups (broad SMARTS) is 1. The van der Waals surface area contributed by atoms with Gasteiger partial charge in [-0.15, -0.1) is 0 Å². The van der Waals surface area contributed by atoms with Crippen LogP contribution in [0.25, 0.3) is 0 Å². The fraction of sp³-hybridized carbons (Fsp3) is 0.650. The minimum Gasteiger partial charge on any atom is -0.490 e. The maximum absolute atomic E-state index is 11.3. The van der Waals surface area contributed by atoms with Crippen LogP contribution < -0.4 is 9.47 Å². The third-order valence-electron chi connectivity index (χ3n) is 4.63. The van der Waals surface area contributed by atoms with Gasteiger partial charge in [0.25, 0.3) is 0 Å². The Bertz CT molecular complexity index is 573. The van der Waals surface area contributed by atoms with Crippen LogP contribution in [0.5, 0.6) is 11.5 Å². The maximum Gasteiger partial charge on any atom is 0.307 e. The lowest BCUT2D eigenvalue weighted by Gasteiger charge is -2.36. The van der Waals surface area contributed by atoms with Crippen molar-refractivity contribution in [2.75, 3.05) is 19.8 Å². The zero-order valence-corrected chi connectivity index (χ0v) is 15.8. The number of nitrogens with zero attached hydrogens (tertiary/aromatic N) is 1. The quantitative estimate of drug-likeness (QED) is 0.773. The lowest BCUT2D eigenvalue weighted by Crippen LogP contribution is -2.43. The summed E-state index contributed by atoms with van der Waals surface area (Å²) in [7, 11) is 0. The molecular formula is C20H31NO4. The van der Waals surface area contributed by atoms with Gasteiger partial charge in [-0.1, -0.05) is 19.9 Å². The first-order chi connectivity index (χ1) is 11.9. The Kier molecular flexibility index (Phi) is 7.12. The van der Waals surface area contributed by atoms with Crippen molar-refractivity contribution < 1.29 is 19.4 Å². The molecule has 5 nitrogen and oxygen atoms in total. The summed E-state index contributed by atoms with van der Waals surface area (Å²) in [5.74, 6) is 1.03. The van der Waals surface area contributed by atoms with Crippen LogP contribution in [0.1, 0.15) is 46.1 Å². The first-order valence-electron chi connectivity index (χ1n) is 9.26. The van der Waals surface area contributed by atoms with Crippen LogP contribution in [-0.2, 0) is 11.3 Å². The van der Waals surface area contributed by atoms with E-state index in [0.717, 1.165) is 36.4 Å². The Balaban J connectivity index is 2.10. The summed E-state index contributed by atoms with van der Waals surface area (Å²) in [6, 6.07) is 6.43. The van der Waals surface area contributed by atoms with Crippen LogP contribution in [0, 0.1) is 11.8 Å². The zero-order chi connectivity index (χ0) is 18.4. The van der Waals surface area contributed by atoms with E-state index < -0.39 is 5.97 Å². The molecular weight excluding hydrogens is 318 g/mol. The van der Waals surface area contributed by atoms with Crippen molar-refractivity contribution in [1.82, 2.24) is 4.90 Å². The molecule has 2 atom stereocenters. The van der Waals surface area contributed by atoms with Crippen molar-refractivity contribution in [2.24, 2.45) is 11.8 Å². The molecule has 1 fully saturated rings. The molecule has 1 saturated heterocycles. The van der Waals surface area contributed by atoms with E-state index in [4.69, 9.17) is 9.47 Å². The van der Waals surface area contributed by atoms with Crippen molar-refractivity contribution in [3.63, 3.8) is 0 Å². The summed E-state index contributed by atoms with van der Waals surface area (Å²) in [5.41, 5.74) is 1.12. The summed E-state index contributed by atoms with van der Waals surface area (Å²) in [6.45, 7) is 10.9. The van der Waals surface area contributed by atoms with E-state index >= 15 is 0 Å². The van der Waals surface area contributed by atoms with Gasteiger partial charge in [-0.05, 0) is 50.3 Å². The number of rotatable bonds is 8. The lowest BCUT2D eigenvalue weighted by atomic mass is 9.93. The van der Waals surface area contributed by atoms with Gasteiger partial charge in [0.1, 0.15) is 0 Å². The van der Waals surface area contributed by atoms with Crippen LogP contribution in [0.15, 0.2) is 18.2 Å². The van der Waals surface area contributed by atoms with Gasteiger partial charge in [0, 0.05) is 19.1 Å². The largest absolute Gasteiger partial charge is 0.490 e. The monoisotopic (exact) mass is 349 g/mol. The first-order valence-corrected chi connectivity index (χ1v) is 9.26. The second-order valence-electron chi connectivity index (χ2n) is 7.31. The molecule has 1 N–H and O–H groups in total. The highest BCUT2D eigenvalue weighted by Crippen LogP contribution is 2.31. The number of ether oxygens (including phenoxy) is 2. The molecule has 0 saturated carbocycles. The highest BCUT2D eigenvalue weighted by Gasteiger charge is 2.29. The smallest absolute Gasteiger partial charge is 0.307 e. The summed E-state index contributed by atoms with van der Waals surface area (Å²) < 4.78 is 11.6. The minimum absolute atomic E-state index is 0.267. The van der Waals surface area contributed by atoms with Crippen molar-refractivity contribution in [3.05, 3.63) is 23.8 Å². The summed E-state index contributed by atoms with van der Waals surface area (Å²) in [4.78, 5) is 13.6. The van der Waals surface area contributed by atoms with Crippen LogP contribution in [0.3, 0.4) is 0 Å². The average molecular weight is 349 g/mol. The highest BCUT2D eigenvalue weighted by molar-refractivity contribution is 5.70. The topological polar surface area (TPSA) is 59.0 Å². The maximum atomic E-state index is 11.3. The van der Waals surface area contributed by atoms with Crippen molar-refractivity contribution in [1.29, 1.82) is 0 Å². The zero-order valence-electron chi connectivity index (χ0n) is 15.8. The van der Waals surface area contributed by atoms with Crippen molar-refractivity contribution in [2.45, 2.75) is 53.1 Å². The number of aliphatic carboxylic acids is 1. The van der Waals surface area contributed by atoms with E-state index in [1.54, 1.807) is 0 Å². The second-order valence-corrected chi connectivity index (χ2v) is 7.31. The average Bonchev–Trinajstić information content (AvgIpc) is 2.56. The van der Waals surface area contributed by atoms with Gasteiger partial charge in [0.15, 0.2) is 11.5 Å². The number of likely N-dealkylation sites (tertiary alicyclic amines) is 1. The van der Waals surface area contributed by atoms with Crippen LogP contribution in [-0.4, -0.2) is 41.8 Å². The molecule has 0 spiro atoms. The highest BCUT2D eigenvalue weighted by atomic mass is 16.5. The van der Waals surface area contributed by atoms with Gasteiger partial charge in [-0.2, -0.15) is 0 Å². The molecule has 2 rings (SSSR count). The third-order valence-corrected chi connectivity index (χ3v) is 4.63. The van der Waals surface area contributed by atoms with Gasteiger partial charge in [0.2, 0.25) is 0 Å². The Morgan fingerprint density at radius 1 is 1.28 bits per heavy atom. The summed E-state index contributed by atoms with van der Waals surface area (Å²) >= 11 is 0. The minimum atomic E-state index is -0.690. The molecule has 1 aliphatic rings. The fourth-order valence-corrected chi connectivity index (χ4v) is 3.13. The summed E-state index contributed by atoms with van der Waals surface area (Å²) in [6.07, 6.45) is 1.68. The van der Waals surface area contributed by atoms with Crippen molar-refractivity contribution >= 4 is 5.97 Å². The number of carbonyl (C=O) groups is 1. The molecule has 0 radical (unpaired) electrons. The Morgan fingerprint density at radius 2 is 2.04 bits per heavy atom. The van der Waals surface area contributed by atoms with E-state index in [0.29, 0.717) is 31.7 Å². The number of hydrogen-bond donors (Lipinski definition) is 1. The van der Waals surface area contributed by atoms with Gasteiger partial charge < -0.3 is 14.6 Å². The molecule has 0 aliphatic carbocycles. The first kappa shape index (κ1) is 19.6. The predicted molar refractivity (Wildman–Crippen MR) is 98.2 cm³/mol. The SMILES string of the molecule is CCOc1cc(CN2CC(C(=O)O)CCC2C)ccc1OCC(C)C. The fourth-order valence-electron chi connectivity index (χ4n) is 3.13. The molecule has 0 bridgehead atoms. The number of benzene rings is 1. The Hall–Kier alpha value is -1.75. The number of piperidine rings is 1. The standard InChI is InChI=1S/C20H31NO4/c1-5-24-19-10-16(7-9-18(19)25-13-14(2)3)11-21-12-17(20(22)23)8-6-15(21)4/h7,9-10,14-15,17H,5-6,8,11-13H2,1-4H3,(H,22,23). The van der Waals surface area contributed by atoms with E-state index in [2.05, 4.69) is 31.7 Å². The van der Waals surface area contributed by atoms with Gasteiger partial charge in [-0.3, -0.25) is 9.69 Å². The van der Waals surface area contributed by atoms with Crippen LogP contribution in [0.4, 0.5) is 0 Å². The number of carboxylic acids is 1. The predicted octanol–water partition coefficient (Wildman–Crippen LogP) is 3.81. The van der Waals surface area contributed by atoms with E-state index in [1.807, 2.05) is 19.1 Å². The van der Waals surface area contributed by atoms with E-state index in [9.17, 15) is 9.90 Å². The molecule has 5 heteroatoms. The van der Waals surface area contributed by atoms with Gasteiger partial charge in [0.05, 0.1) is 19.1 Å². The molecule has 25 heavy (non-hydrogen) atoms. The third kappa shape index (κ3) is 5.63. The summed E-state index contributed by atoms with van der Waals surface area (Å²) in [5, 5.41) is 9.30. The van der Waals surface area contributed by atoms with Gasteiger partial charge in [-0.25, -0.2) is 0 Å². The Morgan fingerprint density at radius 3 is 2.68 bits per heavy atom. The molecule has 0 amide bonds. The Labute approximate surface area is 150 Å². The van der Waals surface area contributed by atoms with Crippen LogP contribution in [0.2, 0.25) is 0 Å². The van der Waals surface area contributed by atoms with E-state index in [-0.39, 0.29) is 5.92 Å². The van der Waals surface area contributed by atoms with E-state index in [1.165, 1.54) is 0 Å². The van der Waals surface area contributed by atoms with Crippen LogP contribution >= 0.6 is 0 Å². The second kappa shape index (κ2) is 9.09. The number of hydrogen-bond acceptors (Lipinski definition) is 4. The lowest BCUT2D eigenvalue weighted by molar-refractivity contribution is -0.144. The molecule has 2 unspecified atom stereocenters.